The van der Waals surface area contributed by atoms with Gasteiger partial charge in [-0.2, -0.15) is 0 Å². The molecular formula is C33H27NS. The Labute approximate surface area is 211 Å². The molecule has 0 saturated carbocycles. The molecule has 35 heavy (non-hydrogen) atoms. The minimum atomic E-state index is 0.0444. The van der Waals surface area contributed by atoms with E-state index >= 15 is 0 Å². The van der Waals surface area contributed by atoms with E-state index in [4.69, 9.17) is 0 Å². The molecule has 2 heterocycles. The van der Waals surface area contributed by atoms with Crippen LogP contribution in [0.1, 0.15) is 42.0 Å². The molecule has 3 aliphatic carbocycles. The molecule has 8 rings (SSSR count). The van der Waals surface area contributed by atoms with E-state index < -0.39 is 0 Å². The Balaban J connectivity index is 1.14. The monoisotopic (exact) mass is 469 g/mol. The van der Waals surface area contributed by atoms with Crippen LogP contribution in [-0.4, -0.2) is 11.3 Å². The van der Waals surface area contributed by atoms with E-state index in [0.29, 0.717) is 23.1 Å². The fourth-order valence-electron chi connectivity index (χ4n) is 6.98. The van der Waals surface area contributed by atoms with Crippen molar-refractivity contribution in [3.63, 3.8) is 0 Å². The molecule has 5 aliphatic rings. The highest BCUT2D eigenvalue weighted by atomic mass is 32.2. The molecule has 0 radical (unpaired) electrons. The van der Waals surface area contributed by atoms with Gasteiger partial charge in [0.1, 0.15) is 0 Å². The van der Waals surface area contributed by atoms with Crippen LogP contribution in [0.3, 0.4) is 0 Å². The van der Waals surface area contributed by atoms with Gasteiger partial charge in [0.15, 0.2) is 0 Å². The van der Waals surface area contributed by atoms with Crippen molar-refractivity contribution >= 4 is 23.0 Å². The van der Waals surface area contributed by atoms with E-state index in [1.807, 2.05) is 11.8 Å². The van der Waals surface area contributed by atoms with Crippen LogP contribution in [0.2, 0.25) is 0 Å². The lowest BCUT2D eigenvalue weighted by atomic mass is 9.78. The Morgan fingerprint density at radius 3 is 2.57 bits per heavy atom. The summed E-state index contributed by atoms with van der Waals surface area (Å²) in [6, 6.07) is 23.0. The molecule has 170 valence electrons. The van der Waals surface area contributed by atoms with E-state index in [1.54, 1.807) is 0 Å². The molecule has 4 unspecified atom stereocenters. The molecule has 1 N–H and O–H groups in total. The van der Waals surface area contributed by atoms with Crippen molar-refractivity contribution in [2.24, 2.45) is 5.92 Å². The zero-order valence-corrected chi connectivity index (χ0v) is 20.8. The number of benzene rings is 3. The summed E-state index contributed by atoms with van der Waals surface area (Å²) in [6.45, 7) is 4.74. The number of thioether (sulfide) groups is 1. The quantitative estimate of drug-likeness (QED) is 0.386. The highest BCUT2D eigenvalue weighted by molar-refractivity contribution is 8.01. The molecule has 0 fully saturated rings. The average Bonchev–Trinajstić information content (AvgIpc) is 3.51. The number of rotatable bonds is 1. The maximum absolute atomic E-state index is 3.90. The van der Waals surface area contributed by atoms with Gasteiger partial charge in [-0.15, -0.1) is 11.8 Å². The molecule has 3 aromatic rings. The average molecular weight is 470 g/mol. The van der Waals surface area contributed by atoms with Gasteiger partial charge in [0.05, 0.1) is 6.04 Å². The Morgan fingerprint density at radius 2 is 1.66 bits per heavy atom. The first kappa shape index (κ1) is 20.0. The minimum absolute atomic E-state index is 0.0444. The van der Waals surface area contributed by atoms with Crippen LogP contribution < -0.4 is 5.32 Å². The van der Waals surface area contributed by atoms with E-state index in [2.05, 4.69) is 116 Å². The molecule has 2 aliphatic heterocycles. The van der Waals surface area contributed by atoms with Crippen molar-refractivity contribution < 1.29 is 0 Å². The second-order valence-electron chi connectivity index (χ2n) is 10.9. The highest BCUT2D eigenvalue weighted by Crippen LogP contribution is 2.55. The predicted octanol–water partition coefficient (Wildman–Crippen LogP) is 8.11. The number of hydrogen-bond acceptors (Lipinski definition) is 2. The molecule has 4 atom stereocenters. The number of nitrogens with one attached hydrogen (secondary N) is 1. The first-order valence-electron chi connectivity index (χ1n) is 12.7. The van der Waals surface area contributed by atoms with Crippen LogP contribution in [0, 0.1) is 5.92 Å². The van der Waals surface area contributed by atoms with Gasteiger partial charge in [-0.05, 0) is 56.7 Å². The maximum atomic E-state index is 3.90. The first-order chi connectivity index (χ1) is 17.1. The molecule has 0 amide bonds. The van der Waals surface area contributed by atoms with Crippen molar-refractivity contribution in [3.05, 3.63) is 125 Å². The second-order valence-corrected chi connectivity index (χ2v) is 12.1. The molecule has 1 nitrogen and oxygen atoms in total. The van der Waals surface area contributed by atoms with Crippen LogP contribution in [0.25, 0.3) is 16.7 Å². The molecule has 0 saturated heterocycles. The van der Waals surface area contributed by atoms with Crippen LogP contribution in [0.4, 0.5) is 5.69 Å². The van der Waals surface area contributed by atoms with E-state index in [9.17, 15) is 0 Å². The van der Waals surface area contributed by atoms with Crippen LogP contribution in [0.15, 0.2) is 108 Å². The van der Waals surface area contributed by atoms with Gasteiger partial charge < -0.3 is 5.32 Å². The molecule has 2 heteroatoms. The molecule has 0 bridgehead atoms. The van der Waals surface area contributed by atoms with Crippen LogP contribution in [0.5, 0.6) is 0 Å². The smallest absolute Gasteiger partial charge is 0.0554 e. The van der Waals surface area contributed by atoms with Gasteiger partial charge in [0, 0.05) is 33.1 Å². The number of anilines is 1. The van der Waals surface area contributed by atoms with Gasteiger partial charge in [-0.3, -0.25) is 0 Å². The third-order valence-corrected chi connectivity index (χ3v) is 10.2. The number of fused-ring (bicyclic) bond motifs is 9. The summed E-state index contributed by atoms with van der Waals surface area (Å²) in [4.78, 5) is 1.42. The molecular weight excluding hydrogens is 442 g/mol. The first-order valence-corrected chi connectivity index (χ1v) is 13.6. The molecule has 3 aromatic carbocycles. The van der Waals surface area contributed by atoms with Crippen molar-refractivity contribution in [1.29, 1.82) is 0 Å². The minimum Gasteiger partial charge on any atom is -0.378 e. The predicted molar refractivity (Wildman–Crippen MR) is 148 cm³/mol. The fourth-order valence-corrected chi connectivity index (χ4v) is 8.45. The highest BCUT2D eigenvalue weighted by Gasteiger charge is 2.41. The molecule has 0 spiro atoms. The summed E-state index contributed by atoms with van der Waals surface area (Å²) in [6.07, 6.45) is 14.4. The number of hydrogen-bond donors (Lipinski definition) is 1. The Morgan fingerprint density at radius 1 is 0.829 bits per heavy atom. The van der Waals surface area contributed by atoms with E-state index in [1.165, 1.54) is 55.1 Å². The lowest BCUT2D eigenvalue weighted by molar-refractivity contribution is 0.658. The number of allylic oxidation sites excluding steroid dienone is 5. The van der Waals surface area contributed by atoms with Crippen LogP contribution >= 0.6 is 11.8 Å². The van der Waals surface area contributed by atoms with Gasteiger partial charge in [-0.25, -0.2) is 0 Å². The summed E-state index contributed by atoms with van der Waals surface area (Å²) in [7, 11) is 0. The zero-order valence-electron chi connectivity index (χ0n) is 20.0. The van der Waals surface area contributed by atoms with Crippen molar-refractivity contribution in [2.45, 2.75) is 41.4 Å². The fraction of sp³-hybridized carbons (Fsp3) is 0.212. The second kappa shape index (κ2) is 6.92. The van der Waals surface area contributed by atoms with E-state index in [-0.39, 0.29) is 5.41 Å². The standard InChI is InChI=1S/C33H27NS/c1-33(2)27-12-5-3-8-21(27)25-18-30-26(17-28(25)33)22-15-14-19(16-29(22)34-30)20-10-7-11-24-23-9-4-6-13-31(23)35-32(20)24/h3-18,20,22,29,32,34H,1-2H3. The molecule has 0 aromatic heterocycles. The van der Waals surface area contributed by atoms with Gasteiger partial charge in [-0.1, -0.05) is 98.8 Å². The van der Waals surface area contributed by atoms with E-state index in [0.717, 1.165) is 0 Å². The largest absolute Gasteiger partial charge is 0.378 e. The van der Waals surface area contributed by atoms with Crippen molar-refractivity contribution in [3.8, 4) is 11.1 Å². The topological polar surface area (TPSA) is 12.0 Å². The van der Waals surface area contributed by atoms with Crippen LogP contribution in [-0.2, 0) is 5.41 Å². The van der Waals surface area contributed by atoms with Gasteiger partial charge >= 0.3 is 0 Å². The third kappa shape index (κ3) is 2.66. The summed E-state index contributed by atoms with van der Waals surface area (Å²) in [5, 5.41) is 4.36. The SMILES string of the molecule is CC1(C)c2ccccc2-c2cc3c(cc21)C1C=CC(C2C=CC=C4c5ccccc5SC42)=CC1N3. The normalized spacial score (nSPS) is 27.6. The van der Waals surface area contributed by atoms with Crippen molar-refractivity contribution in [1.82, 2.24) is 0 Å². The van der Waals surface area contributed by atoms with Crippen molar-refractivity contribution in [2.75, 3.05) is 5.32 Å². The van der Waals surface area contributed by atoms with Gasteiger partial charge in [0.2, 0.25) is 0 Å². The zero-order chi connectivity index (χ0) is 23.3. The summed E-state index contributed by atoms with van der Waals surface area (Å²) in [5.41, 5.74) is 12.8. The Kier molecular flexibility index (Phi) is 3.96. The Hall–Kier alpha value is -3.23. The Bertz CT molecular complexity index is 1550. The lowest BCUT2D eigenvalue weighted by Gasteiger charge is -2.29. The summed E-state index contributed by atoms with van der Waals surface area (Å²) < 4.78 is 0. The third-order valence-electron chi connectivity index (χ3n) is 8.75. The lowest BCUT2D eigenvalue weighted by Crippen LogP contribution is -2.24. The van der Waals surface area contributed by atoms with Gasteiger partial charge in [0.25, 0.3) is 0 Å². The summed E-state index contributed by atoms with van der Waals surface area (Å²) in [5.74, 6) is 0.806. The maximum Gasteiger partial charge on any atom is 0.0554 e. The summed E-state index contributed by atoms with van der Waals surface area (Å²) >= 11 is 2.03.